The zero-order chi connectivity index (χ0) is 23.6. The van der Waals surface area contributed by atoms with Crippen LogP contribution in [0, 0.1) is 27.7 Å². The topological polar surface area (TPSA) is 94.5 Å². The third-order valence-corrected chi connectivity index (χ3v) is 7.11. The molecule has 0 saturated carbocycles. The second-order valence-corrected chi connectivity index (χ2v) is 9.64. The van der Waals surface area contributed by atoms with Crippen LogP contribution < -0.4 is 15.6 Å². The number of methoxy groups -OCH3 is 1. The fourth-order valence-corrected chi connectivity index (χ4v) is 5.07. The summed E-state index contributed by atoms with van der Waals surface area (Å²) >= 11 is 0. The van der Waals surface area contributed by atoms with E-state index in [-0.39, 0.29) is 16.3 Å². The maximum absolute atomic E-state index is 13.2. The van der Waals surface area contributed by atoms with Gasteiger partial charge in [0.2, 0.25) is 15.7 Å². The van der Waals surface area contributed by atoms with Crippen molar-refractivity contribution in [3.8, 4) is 5.75 Å². The van der Waals surface area contributed by atoms with Crippen molar-refractivity contribution in [1.82, 2.24) is 4.57 Å². The second-order valence-electron chi connectivity index (χ2n) is 7.76. The van der Waals surface area contributed by atoms with Crippen molar-refractivity contribution < 1.29 is 17.9 Å². The molecule has 0 spiro atoms. The maximum atomic E-state index is 13.2. The minimum Gasteiger partial charge on any atom is -0.495 e. The van der Waals surface area contributed by atoms with Crippen LogP contribution in [-0.2, 0) is 21.2 Å². The van der Waals surface area contributed by atoms with Crippen LogP contribution in [0.1, 0.15) is 22.4 Å². The number of carbonyl (C=O) groups excluding carboxylic acids is 1. The van der Waals surface area contributed by atoms with Gasteiger partial charge in [-0.3, -0.25) is 9.59 Å². The van der Waals surface area contributed by atoms with Crippen LogP contribution in [0.5, 0.6) is 5.75 Å². The highest BCUT2D eigenvalue weighted by Crippen LogP contribution is 2.25. The van der Waals surface area contributed by atoms with E-state index < -0.39 is 21.3 Å². The molecule has 0 unspecified atom stereocenters. The van der Waals surface area contributed by atoms with Crippen molar-refractivity contribution in [3.05, 3.63) is 81.3 Å². The number of ether oxygens (including phenoxy) is 1. The molecule has 1 aromatic heterocycles. The molecular formula is C24H26N2O5S. The third-order valence-electron chi connectivity index (χ3n) is 5.18. The number of anilines is 1. The molecule has 0 bridgehead atoms. The van der Waals surface area contributed by atoms with Gasteiger partial charge < -0.3 is 14.6 Å². The maximum Gasteiger partial charge on any atom is 0.270 e. The number of carbonyl (C=O) groups is 1. The predicted octanol–water partition coefficient (Wildman–Crippen LogP) is 3.56. The highest BCUT2D eigenvalue weighted by Gasteiger charge is 2.26. The molecule has 8 heteroatoms. The molecule has 0 aliphatic heterocycles. The Labute approximate surface area is 187 Å². The number of aryl methyl sites for hydroxylation is 4. The molecule has 3 rings (SSSR count). The SMILES string of the molecule is COc1ccc(C)cc1NC(=O)Cn1c(C)cc(C)c(S(=O)(=O)c2ccc(C)cc2)c1=O. The van der Waals surface area contributed by atoms with E-state index in [2.05, 4.69) is 5.32 Å². The van der Waals surface area contributed by atoms with Gasteiger partial charge in [-0.05, 0) is 69.2 Å². The molecule has 1 heterocycles. The Hall–Kier alpha value is -3.39. The molecular weight excluding hydrogens is 428 g/mol. The molecule has 3 aromatic rings. The summed E-state index contributed by atoms with van der Waals surface area (Å²) in [5.74, 6) is 0.0150. The molecule has 0 fully saturated rings. The van der Waals surface area contributed by atoms with Crippen molar-refractivity contribution in [2.75, 3.05) is 12.4 Å². The van der Waals surface area contributed by atoms with Crippen LogP contribution in [0.25, 0.3) is 0 Å². The lowest BCUT2D eigenvalue weighted by Gasteiger charge is -2.16. The predicted molar refractivity (Wildman–Crippen MR) is 123 cm³/mol. The summed E-state index contributed by atoms with van der Waals surface area (Å²) in [4.78, 5) is 25.7. The average molecular weight is 455 g/mol. The van der Waals surface area contributed by atoms with Crippen LogP contribution >= 0.6 is 0 Å². The lowest BCUT2D eigenvalue weighted by Crippen LogP contribution is -2.33. The van der Waals surface area contributed by atoms with Crippen LogP contribution in [0.2, 0.25) is 0 Å². The molecule has 0 atom stereocenters. The Morgan fingerprint density at radius 1 is 0.969 bits per heavy atom. The summed E-state index contributed by atoms with van der Waals surface area (Å²) in [5, 5.41) is 2.74. The van der Waals surface area contributed by atoms with Gasteiger partial charge >= 0.3 is 0 Å². The number of amides is 1. The standard InChI is InChI=1S/C24H26N2O5S/c1-15-6-9-19(10-7-15)32(29,30)23-17(3)13-18(4)26(24(23)28)14-22(27)25-20-12-16(2)8-11-21(20)31-5/h6-13H,14H2,1-5H3,(H,25,27). The summed E-state index contributed by atoms with van der Waals surface area (Å²) in [7, 11) is -2.56. The Balaban J connectivity index is 2.00. The van der Waals surface area contributed by atoms with E-state index in [0.717, 1.165) is 11.1 Å². The highest BCUT2D eigenvalue weighted by atomic mass is 32.2. The van der Waals surface area contributed by atoms with E-state index in [4.69, 9.17) is 4.74 Å². The van der Waals surface area contributed by atoms with Gasteiger partial charge in [0.15, 0.2) is 0 Å². The van der Waals surface area contributed by atoms with Gasteiger partial charge in [0, 0.05) is 5.69 Å². The Morgan fingerprint density at radius 3 is 2.22 bits per heavy atom. The molecule has 0 saturated heterocycles. The first kappa shape index (κ1) is 23.3. The summed E-state index contributed by atoms with van der Waals surface area (Å²) in [6.45, 7) is 6.64. The summed E-state index contributed by atoms with van der Waals surface area (Å²) in [5.41, 5.74) is 2.41. The molecule has 1 amide bonds. The van der Waals surface area contributed by atoms with Gasteiger partial charge in [0.05, 0.1) is 17.7 Å². The van der Waals surface area contributed by atoms with E-state index in [1.165, 1.54) is 23.8 Å². The number of benzene rings is 2. The number of aromatic nitrogens is 1. The minimum atomic E-state index is -4.05. The van der Waals surface area contributed by atoms with E-state index in [0.29, 0.717) is 22.7 Å². The summed E-state index contributed by atoms with van der Waals surface area (Å²) < 4.78 is 32.9. The van der Waals surface area contributed by atoms with Crippen molar-refractivity contribution in [1.29, 1.82) is 0 Å². The smallest absolute Gasteiger partial charge is 0.270 e. The first-order chi connectivity index (χ1) is 15.0. The van der Waals surface area contributed by atoms with Crippen LogP contribution in [-0.4, -0.2) is 26.0 Å². The first-order valence-electron chi connectivity index (χ1n) is 10.0. The monoisotopic (exact) mass is 454 g/mol. The first-order valence-corrected chi connectivity index (χ1v) is 11.5. The van der Waals surface area contributed by atoms with E-state index >= 15 is 0 Å². The van der Waals surface area contributed by atoms with Crippen molar-refractivity contribution in [3.63, 3.8) is 0 Å². The number of nitrogens with zero attached hydrogens (tertiary/aromatic N) is 1. The average Bonchev–Trinajstić information content (AvgIpc) is 2.71. The lowest BCUT2D eigenvalue weighted by atomic mass is 10.2. The van der Waals surface area contributed by atoms with Crippen LogP contribution in [0.3, 0.4) is 0 Å². The van der Waals surface area contributed by atoms with Gasteiger partial charge in [0.1, 0.15) is 17.2 Å². The number of sulfone groups is 1. The normalized spacial score (nSPS) is 11.3. The number of pyridine rings is 1. The fraction of sp³-hybridized carbons (Fsp3) is 0.250. The van der Waals surface area contributed by atoms with Crippen molar-refractivity contribution in [2.45, 2.75) is 44.0 Å². The zero-order valence-electron chi connectivity index (χ0n) is 18.7. The van der Waals surface area contributed by atoms with Crippen LogP contribution in [0.15, 0.2) is 63.1 Å². The molecule has 0 aliphatic carbocycles. The Morgan fingerprint density at radius 2 is 1.59 bits per heavy atom. The molecule has 32 heavy (non-hydrogen) atoms. The van der Waals surface area contributed by atoms with Crippen LogP contribution in [0.4, 0.5) is 5.69 Å². The van der Waals surface area contributed by atoms with E-state index in [9.17, 15) is 18.0 Å². The lowest BCUT2D eigenvalue weighted by molar-refractivity contribution is -0.116. The number of nitrogens with one attached hydrogen (secondary N) is 1. The fourth-order valence-electron chi connectivity index (χ4n) is 3.52. The minimum absolute atomic E-state index is 0.0349. The van der Waals surface area contributed by atoms with Crippen molar-refractivity contribution >= 4 is 21.4 Å². The van der Waals surface area contributed by atoms with Crippen molar-refractivity contribution in [2.24, 2.45) is 0 Å². The largest absolute Gasteiger partial charge is 0.495 e. The molecule has 1 N–H and O–H groups in total. The summed E-state index contributed by atoms with van der Waals surface area (Å²) in [6.07, 6.45) is 0. The molecule has 2 aromatic carbocycles. The second kappa shape index (κ2) is 9.00. The molecule has 168 valence electrons. The quantitative estimate of drug-likeness (QED) is 0.615. The van der Waals surface area contributed by atoms with E-state index in [1.807, 2.05) is 19.9 Å². The number of hydrogen-bond donors (Lipinski definition) is 1. The van der Waals surface area contributed by atoms with Gasteiger partial charge in [-0.2, -0.15) is 0 Å². The number of rotatable bonds is 6. The number of hydrogen-bond acceptors (Lipinski definition) is 5. The van der Waals surface area contributed by atoms with Gasteiger partial charge in [0.25, 0.3) is 5.56 Å². The zero-order valence-corrected chi connectivity index (χ0v) is 19.5. The Kier molecular flexibility index (Phi) is 6.55. The molecule has 0 aliphatic rings. The van der Waals surface area contributed by atoms with Gasteiger partial charge in [-0.15, -0.1) is 0 Å². The van der Waals surface area contributed by atoms with E-state index in [1.54, 1.807) is 44.2 Å². The highest BCUT2D eigenvalue weighted by molar-refractivity contribution is 7.91. The van der Waals surface area contributed by atoms with Gasteiger partial charge in [-0.25, -0.2) is 8.42 Å². The third kappa shape index (κ3) is 4.60. The molecule has 0 radical (unpaired) electrons. The Bertz CT molecular complexity index is 1340. The molecule has 7 nitrogen and oxygen atoms in total. The summed E-state index contributed by atoms with van der Waals surface area (Å²) in [6, 6.07) is 13.3. The van der Waals surface area contributed by atoms with Gasteiger partial charge in [-0.1, -0.05) is 23.8 Å².